The topological polar surface area (TPSA) is 66.6 Å². The van der Waals surface area contributed by atoms with Crippen LogP contribution in [0.1, 0.15) is 13.8 Å². The van der Waals surface area contributed by atoms with Gasteiger partial charge in [0.1, 0.15) is 6.04 Å². The van der Waals surface area contributed by atoms with E-state index < -0.39 is 11.9 Å². The molecule has 1 atom stereocenters. The van der Waals surface area contributed by atoms with E-state index >= 15 is 0 Å². The largest absolute Gasteiger partial charge is 0.368 e. The summed E-state index contributed by atoms with van der Waals surface area (Å²) in [4.78, 5) is 25.4. The number of primary amides is 1. The Morgan fingerprint density at radius 2 is 1.57 bits per heavy atom. The SMILES string of the molecule is CC(C)C(C(N)=O)N(C)C(=O)N(C)C. The van der Waals surface area contributed by atoms with E-state index in [4.69, 9.17) is 5.73 Å². The molecule has 0 bridgehead atoms. The van der Waals surface area contributed by atoms with Gasteiger partial charge in [-0.25, -0.2) is 4.79 Å². The first-order chi connectivity index (χ1) is 6.29. The van der Waals surface area contributed by atoms with Crippen molar-refractivity contribution < 1.29 is 9.59 Å². The Morgan fingerprint density at radius 3 is 1.79 bits per heavy atom. The second kappa shape index (κ2) is 4.83. The van der Waals surface area contributed by atoms with Gasteiger partial charge in [0.2, 0.25) is 5.91 Å². The van der Waals surface area contributed by atoms with Crippen LogP contribution in [0.4, 0.5) is 4.79 Å². The molecule has 14 heavy (non-hydrogen) atoms. The molecule has 0 spiro atoms. The highest BCUT2D eigenvalue weighted by molar-refractivity contribution is 5.85. The number of rotatable bonds is 3. The van der Waals surface area contributed by atoms with Crippen molar-refractivity contribution in [3.8, 4) is 0 Å². The molecular formula is C9H19N3O2. The normalized spacial score (nSPS) is 12.4. The first-order valence-corrected chi connectivity index (χ1v) is 4.52. The van der Waals surface area contributed by atoms with Gasteiger partial charge in [-0.3, -0.25) is 4.79 Å². The molecule has 0 rings (SSSR count). The quantitative estimate of drug-likeness (QED) is 0.704. The molecule has 3 amide bonds. The molecule has 0 radical (unpaired) electrons. The molecule has 0 aromatic rings. The number of amides is 3. The molecule has 0 aromatic heterocycles. The second-order valence-corrected chi connectivity index (χ2v) is 3.88. The Balaban J connectivity index is 4.68. The van der Waals surface area contributed by atoms with Gasteiger partial charge in [0.05, 0.1) is 0 Å². The van der Waals surface area contributed by atoms with Crippen molar-refractivity contribution >= 4 is 11.9 Å². The van der Waals surface area contributed by atoms with E-state index in [1.54, 1.807) is 21.1 Å². The predicted molar refractivity (Wildman–Crippen MR) is 54.7 cm³/mol. The molecule has 0 fully saturated rings. The fraction of sp³-hybridized carbons (Fsp3) is 0.778. The summed E-state index contributed by atoms with van der Waals surface area (Å²) < 4.78 is 0. The van der Waals surface area contributed by atoms with Crippen LogP contribution in [-0.4, -0.2) is 48.9 Å². The Labute approximate surface area is 84.8 Å². The van der Waals surface area contributed by atoms with Gasteiger partial charge in [-0.05, 0) is 5.92 Å². The Hall–Kier alpha value is -1.26. The van der Waals surface area contributed by atoms with Crippen molar-refractivity contribution in [2.45, 2.75) is 19.9 Å². The van der Waals surface area contributed by atoms with E-state index in [1.165, 1.54) is 9.80 Å². The predicted octanol–water partition coefficient (Wildman–Crippen LogP) is 0.110. The maximum Gasteiger partial charge on any atom is 0.319 e. The van der Waals surface area contributed by atoms with Crippen LogP contribution in [0.25, 0.3) is 0 Å². The summed E-state index contributed by atoms with van der Waals surface area (Å²) in [5, 5.41) is 0. The van der Waals surface area contributed by atoms with Crippen molar-refractivity contribution in [3.05, 3.63) is 0 Å². The molecule has 0 aromatic carbocycles. The van der Waals surface area contributed by atoms with Gasteiger partial charge in [0.25, 0.3) is 0 Å². The first kappa shape index (κ1) is 12.7. The zero-order chi connectivity index (χ0) is 11.5. The molecule has 2 N–H and O–H groups in total. The number of hydrogen-bond acceptors (Lipinski definition) is 2. The van der Waals surface area contributed by atoms with E-state index in [0.717, 1.165) is 0 Å². The van der Waals surface area contributed by atoms with Crippen molar-refractivity contribution in [2.75, 3.05) is 21.1 Å². The molecule has 5 nitrogen and oxygen atoms in total. The van der Waals surface area contributed by atoms with Crippen molar-refractivity contribution in [1.82, 2.24) is 9.80 Å². The Kier molecular flexibility index (Phi) is 4.40. The third-order valence-corrected chi connectivity index (χ3v) is 2.02. The second-order valence-electron chi connectivity index (χ2n) is 3.88. The van der Waals surface area contributed by atoms with Crippen LogP contribution in [0.3, 0.4) is 0 Å². The number of carbonyl (C=O) groups excluding carboxylic acids is 2. The lowest BCUT2D eigenvalue weighted by atomic mass is 10.0. The van der Waals surface area contributed by atoms with Crippen LogP contribution < -0.4 is 5.73 Å². The van der Waals surface area contributed by atoms with Crippen LogP contribution in [-0.2, 0) is 4.79 Å². The average molecular weight is 201 g/mol. The smallest absolute Gasteiger partial charge is 0.319 e. The van der Waals surface area contributed by atoms with Crippen molar-refractivity contribution in [2.24, 2.45) is 11.7 Å². The fourth-order valence-electron chi connectivity index (χ4n) is 1.40. The van der Waals surface area contributed by atoms with Crippen molar-refractivity contribution in [1.29, 1.82) is 0 Å². The summed E-state index contributed by atoms with van der Waals surface area (Å²) in [7, 11) is 4.85. The lowest BCUT2D eigenvalue weighted by Crippen LogP contribution is -2.51. The summed E-state index contributed by atoms with van der Waals surface area (Å²) in [6.07, 6.45) is 0. The lowest BCUT2D eigenvalue weighted by Gasteiger charge is -2.30. The minimum absolute atomic E-state index is 0.0152. The summed E-state index contributed by atoms with van der Waals surface area (Å²) in [5.41, 5.74) is 5.23. The average Bonchev–Trinajstić information content (AvgIpc) is 2.01. The minimum atomic E-state index is -0.551. The lowest BCUT2D eigenvalue weighted by molar-refractivity contribution is -0.123. The summed E-state index contributed by atoms with van der Waals surface area (Å²) in [6, 6.07) is -0.771. The molecule has 0 aliphatic carbocycles. The molecule has 1 unspecified atom stereocenters. The summed E-state index contributed by atoms with van der Waals surface area (Å²) >= 11 is 0. The monoisotopic (exact) mass is 201 g/mol. The van der Waals surface area contributed by atoms with E-state index in [2.05, 4.69) is 0 Å². The highest BCUT2D eigenvalue weighted by Gasteiger charge is 2.28. The van der Waals surface area contributed by atoms with Gasteiger partial charge < -0.3 is 15.5 Å². The number of nitrogens with zero attached hydrogens (tertiary/aromatic N) is 2. The van der Waals surface area contributed by atoms with E-state index in [1.807, 2.05) is 13.8 Å². The molecule has 82 valence electrons. The minimum Gasteiger partial charge on any atom is -0.368 e. The molecule has 0 heterocycles. The van der Waals surface area contributed by atoms with Gasteiger partial charge in [0.15, 0.2) is 0 Å². The maximum atomic E-state index is 11.5. The maximum absolute atomic E-state index is 11.5. The fourth-order valence-corrected chi connectivity index (χ4v) is 1.40. The molecule has 0 aliphatic rings. The van der Waals surface area contributed by atoms with Gasteiger partial charge in [-0.2, -0.15) is 0 Å². The third kappa shape index (κ3) is 2.90. The van der Waals surface area contributed by atoms with Crippen LogP contribution in [0.5, 0.6) is 0 Å². The van der Waals surface area contributed by atoms with Crippen LogP contribution in [0.2, 0.25) is 0 Å². The summed E-state index contributed by atoms with van der Waals surface area (Å²) in [5.74, 6) is -0.459. The molecule has 0 saturated heterocycles. The van der Waals surface area contributed by atoms with E-state index in [-0.39, 0.29) is 11.9 Å². The number of carbonyl (C=O) groups is 2. The Morgan fingerprint density at radius 1 is 1.14 bits per heavy atom. The van der Waals surface area contributed by atoms with Gasteiger partial charge >= 0.3 is 6.03 Å². The zero-order valence-electron chi connectivity index (χ0n) is 9.44. The zero-order valence-corrected chi connectivity index (χ0v) is 9.44. The standard InChI is InChI=1S/C9H19N3O2/c1-6(2)7(8(10)13)12(5)9(14)11(3)4/h6-7H,1-5H3,(H2,10,13). The van der Waals surface area contributed by atoms with Crippen LogP contribution in [0, 0.1) is 5.92 Å². The number of nitrogens with two attached hydrogens (primary N) is 1. The molecule has 0 aliphatic heterocycles. The number of likely N-dealkylation sites (N-methyl/N-ethyl adjacent to an activating group) is 1. The molecular weight excluding hydrogens is 182 g/mol. The van der Waals surface area contributed by atoms with Gasteiger partial charge in [0, 0.05) is 21.1 Å². The summed E-state index contributed by atoms with van der Waals surface area (Å²) in [6.45, 7) is 3.71. The Bertz CT molecular complexity index is 226. The molecule has 0 saturated carbocycles. The van der Waals surface area contributed by atoms with Crippen LogP contribution >= 0.6 is 0 Å². The third-order valence-electron chi connectivity index (χ3n) is 2.02. The van der Waals surface area contributed by atoms with E-state index in [0.29, 0.717) is 0 Å². The van der Waals surface area contributed by atoms with E-state index in [9.17, 15) is 9.59 Å². The van der Waals surface area contributed by atoms with Crippen LogP contribution in [0.15, 0.2) is 0 Å². The first-order valence-electron chi connectivity index (χ1n) is 4.52. The number of urea groups is 1. The molecule has 5 heteroatoms. The van der Waals surface area contributed by atoms with Gasteiger partial charge in [-0.15, -0.1) is 0 Å². The highest BCUT2D eigenvalue weighted by Crippen LogP contribution is 2.09. The number of hydrogen-bond donors (Lipinski definition) is 1. The van der Waals surface area contributed by atoms with Gasteiger partial charge in [-0.1, -0.05) is 13.8 Å². The van der Waals surface area contributed by atoms with Crippen molar-refractivity contribution in [3.63, 3.8) is 0 Å². The highest BCUT2D eigenvalue weighted by atomic mass is 16.2.